The Balaban J connectivity index is 1.34. The van der Waals surface area contributed by atoms with E-state index in [4.69, 9.17) is 0 Å². The Kier molecular flexibility index (Phi) is 5.28. The minimum Gasteiger partial charge on any atom is -0.350 e. The van der Waals surface area contributed by atoms with Crippen LogP contribution in [0.25, 0.3) is 5.82 Å². The van der Waals surface area contributed by atoms with Crippen molar-refractivity contribution in [3.8, 4) is 5.82 Å². The minimum absolute atomic E-state index is 0.0903. The van der Waals surface area contributed by atoms with E-state index in [0.29, 0.717) is 18.2 Å². The number of nitrogens with zero attached hydrogens (tertiary/aromatic N) is 4. The fraction of sp³-hybridized carbons (Fsp3) is 0.381. The van der Waals surface area contributed by atoms with Gasteiger partial charge in [-0.2, -0.15) is 5.10 Å². The Bertz CT molecular complexity index is 975. The van der Waals surface area contributed by atoms with E-state index in [-0.39, 0.29) is 5.91 Å². The normalized spacial score (nSPS) is 15.2. The predicted octanol–water partition coefficient (Wildman–Crippen LogP) is 3.12. The second-order valence-electron chi connectivity index (χ2n) is 7.39. The minimum atomic E-state index is -0.0903. The van der Waals surface area contributed by atoms with Crippen molar-refractivity contribution in [2.45, 2.75) is 39.8 Å². The van der Waals surface area contributed by atoms with Crippen molar-refractivity contribution < 1.29 is 4.79 Å². The summed E-state index contributed by atoms with van der Waals surface area (Å²) >= 11 is 1.85. The molecule has 0 saturated heterocycles. The average Bonchev–Trinajstić information content (AvgIpc) is 3.30. The van der Waals surface area contributed by atoms with Gasteiger partial charge >= 0.3 is 0 Å². The monoisotopic (exact) mass is 395 g/mol. The van der Waals surface area contributed by atoms with E-state index in [1.54, 1.807) is 16.9 Å². The first-order chi connectivity index (χ1) is 13.5. The van der Waals surface area contributed by atoms with Gasteiger partial charge in [-0.05, 0) is 62.4 Å². The first-order valence-corrected chi connectivity index (χ1v) is 10.5. The maximum absolute atomic E-state index is 12.5. The molecule has 0 spiro atoms. The number of amides is 1. The van der Waals surface area contributed by atoms with E-state index in [9.17, 15) is 4.79 Å². The van der Waals surface area contributed by atoms with Crippen LogP contribution >= 0.6 is 11.3 Å². The summed E-state index contributed by atoms with van der Waals surface area (Å²) in [5.41, 5.74) is 3.96. The number of rotatable bonds is 5. The largest absolute Gasteiger partial charge is 0.350 e. The van der Waals surface area contributed by atoms with Gasteiger partial charge in [-0.1, -0.05) is 0 Å². The molecule has 28 heavy (non-hydrogen) atoms. The molecular weight excluding hydrogens is 370 g/mol. The van der Waals surface area contributed by atoms with Crippen molar-refractivity contribution >= 4 is 17.2 Å². The number of aromatic nitrogens is 3. The van der Waals surface area contributed by atoms with Gasteiger partial charge in [0.15, 0.2) is 5.82 Å². The van der Waals surface area contributed by atoms with E-state index >= 15 is 0 Å². The van der Waals surface area contributed by atoms with Crippen LogP contribution in [-0.4, -0.2) is 44.7 Å². The Morgan fingerprint density at radius 3 is 2.89 bits per heavy atom. The van der Waals surface area contributed by atoms with Crippen LogP contribution < -0.4 is 5.32 Å². The van der Waals surface area contributed by atoms with Crippen LogP contribution in [0.3, 0.4) is 0 Å². The maximum Gasteiger partial charge on any atom is 0.252 e. The van der Waals surface area contributed by atoms with Crippen molar-refractivity contribution in [1.29, 1.82) is 0 Å². The Morgan fingerprint density at radius 1 is 1.32 bits per heavy atom. The van der Waals surface area contributed by atoms with Crippen LogP contribution in [0, 0.1) is 13.8 Å². The summed E-state index contributed by atoms with van der Waals surface area (Å²) in [7, 11) is 0. The van der Waals surface area contributed by atoms with Gasteiger partial charge in [0.25, 0.3) is 5.91 Å². The number of fused-ring (bicyclic) bond motifs is 1. The van der Waals surface area contributed by atoms with Gasteiger partial charge in [0, 0.05) is 42.4 Å². The van der Waals surface area contributed by atoms with Crippen LogP contribution in [-0.2, 0) is 13.0 Å². The molecule has 6 nitrogen and oxygen atoms in total. The van der Waals surface area contributed by atoms with Crippen LogP contribution in [0.15, 0.2) is 35.8 Å². The number of nitrogens with one attached hydrogen (secondary N) is 1. The van der Waals surface area contributed by atoms with E-state index in [1.165, 1.54) is 10.4 Å². The molecule has 1 N–H and O–H groups in total. The second kappa shape index (κ2) is 7.85. The van der Waals surface area contributed by atoms with Crippen molar-refractivity contribution in [2.24, 2.45) is 0 Å². The van der Waals surface area contributed by atoms with Crippen LogP contribution in [0.4, 0.5) is 0 Å². The molecule has 4 rings (SSSR count). The molecule has 7 heteroatoms. The molecule has 0 unspecified atom stereocenters. The molecule has 1 atom stereocenters. The molecule has 0 fully saturated rings. The van der Waals surface area contributed by atoms with Crippen LogP contribution in [0.1, 0.15) is 39.1 Å². The highest BCUT2D eigenvalue weighted by Crippen LogP contribution is 2.25. The second-order valence-corrected chi connectivity index (χ2v) is 8.39. The number of carbonyl (C=O) groups is 1. The van der Waals surface area contributed by atoms with Crippen molar-refractivity contribution in [3.05, 3.63) is 63.2 Å². The lowest BCUT2D eigenvalue weighted by Gasteiger charge is -2.32. The third-order valence-corrected chi connectivity index (χ3v) is 6.28. The van der Waals surface area contributed by atoms with Gasteiger partial charge in [-0.25, -0.2) is 9.67 Å². The zero-order chi connectivity index (χ0) is 19.7. The molecule has 146 valence electrons. The SMILES string of the molecule is Cc1cc(C)n(-c2ccc(C(=O)NC[C@@H](C)N3CCc4sccc4C3)cn2)n1. The predicted molar refractivity (Wildman–Crippen MR) is 111 cm³/mol. The summed E-state index contributed by atoms with van der Waals surface area (Å²) in [6.45, 7) is 8.74. The zero-order valence-corrected chi connectivity index (χ0v) is 17.3. The highest BCUT2D eigenvalue weighted by atomic mass is 32.1. The molecule has 1 aliphatic rings. The fourth-order valence-corrected chi connectivity index (χ4v) is 4.51. The first-order valence-electron chi connectivity index (χ1n) is 9.58. The molecule has 1 aliphatic heterocycles. The summed E-state index contributed by atoms with van der Waals surface area (Å²) in [5, 5.41) is 9.65. The Hall–Kier alpha value is -2.51. The van der Waals surface area contributed by atoms with E-state index < -0.39 is 0 Å². The number of thiophene rings is 1. The summed E-state index contributed by atoms with van der Waals surface area (Å²) in [6, 6.07) is 8.15. The Labute approximate surface area is 169 Å². The third kappa shape index (κ3) is 3.86. The number of carbonyl (C=O) groups excluding carboxylic acids is 1. The zero-order valence-electron chi connectivity index (χ0n) is 16.5. The number of pyridine rings is 1. The van der Waals surface area contributed by atoms with Crippen molar-refractivity contribution in [1.82, 2.24) is 25.0 Å². The standard InChI is InChI=1S/C21H25N5OS/c1-14-10-15(2)26(24-14)20-5-4-17(12-22-20)21(27)23-11-16(3)25-8-6-19-18(13-25)7-9-28-19/h4-5,7,9-10,12,16H,6,8,11,13H2,1-3H3,(H,23,27)/t16-/m1/s1. The lowest BCUT2D eigenvalue weighted by molar-refractivity contribution is 0.0932. The number of aryl methyl sites for hydroxylation is 2. The van der Waals surface area contributed by atoms with Gasteiger partial charge in [0.2, 0.25) is 0 Å². The number of hydrogen-bond donors (Lipinski definition) is 1. The fourth-order valence-electron chi connectivity index (χ4n) is 3.62. The van der Waals surface area contributed by atoms with Crippen LogP contribution in [0.5, 0.6) is 0 Å². The lowest BCUT2D eigenvalue weighted by Crippen LogP contribution is -2.44. The summed E-state index contributed by atoms with van der Waals surface area (Å²) in [5.74, 6) is 0.628. The Morgan fingerprint density at radius 2 is 2.18 bits per heavy atom. The van der Waals surface area contributed by atoms with Crippen molar-refractivity contribution in [3.63, 3.8) is 0 Å². The summed E-state index contributed by atoms with van der Waals surface area (Å²) in [4.78, 5) is 20.9. The highest BCUT2D eigenvalue weighted by molar-refractivity contribution is 7.10. The van der Waals surface area contributed by atoms with Gasteiger partial charge in [0.05, 0.1) is 11.3 Å². The molecule has 4 heterocycles. The maximum atomic E-state index is 12.5. The molecule has 0 saturated carbocycles. The van der Waals surface area contributed by atoms with Gasteiger partial charge in [-0.3, -0.25) is 9.69 Å². The first kappa shape index (κ1) is 18.8. The lowest BCUT2D eigenvalue weighted by atomic mass is 10.1. The summed E-state index contributed by atoms with van der Waals surface area (Å²) in [6.07, 6.45) is 2.72. The molecule has 0 aromatic carbocycles. The molecule has 0 aliphatic carbocycles. The third-order valence-electron chi connectivity index (χ3n) is 5.26. The molecule has 0 radical (unpaired) electrons. The van der Waals surface area contributed by atoms with Gasteiger partial charge in [-0.15, -0.1) is 11.3 Å². The summed E-state index contributed by atoms with van der Waals surface area (Å²) < 4.78 is 1.79. The van der Waals surface area contributed by atoms with Crippen molar-refractivity contribution in [2.75, 3.05) is 13.1 Å². The van der Waals surface area contributed by atoms with Gasteiger partial charge in [0.1, 0.15) is 0 Å². The van der Waals surface area contributed by atoms with E-state index in [0.717, 1.165) is 36.7 Å². The van der Waals surface area contributed by atoms with Gasteiger partial charge < -0.3 is 5.32 Å². The molecule has 1 amide bonds. The average molecular weight is 396 g/mol. The number of hydrogen-bond acceptors (Lipinski definition) is 5. The quantitative estimate of drug-likeness (QED) is 0.721. The molecule has 3 aromatic rings. The molecule has 0 bridgehead atoms. The smallest absolute Gasteiger partial charge is 0.252 e. The van der Waals surface area contributed by atoms with E-state index in [1.807, 2.05) is 37.3 Å². The van der Waals surface area contributed by atoms with Crippen LogP contribution in [0.2, 0.25) is 0 Å². The van der Waals surface area contributed by atoms with E-state index in [2.05, 4.69) is 38.7 Å². The molecule has 3 aromatic heterocycles. The topological polar surface area (TPSA) is 63.1 Å². The molecular formula is C21H25N5OS. The highest BCUT2D eigenvalue weighted by Gasteiger charge is 2.22.